The van der Waals surface area contributed by atoms with E-state index >= 15 is 0 Å². The molecule has 0 radical (unpaired) electrons. The second-order valence-corrected chi connectivity index (χ2v) is 8.89. The van der Waals surface area contributed by atoms with Crippen LogP contribution in [0.1, 0.15) is 38.2 Å². The topological polar surface area (TPSA) is 72.5 Å². The van der Waals surface area contributed by atoms with E-state index in [0.717, 1.165) is 24.2 Å². The molecule has 1 aromatic carbocycles. The van der Waals surface area contributed by atoms with Crippen molar-refractivity contribution < 1.29 is 17.9 Å². The summed E-state index contributed by atoms with van der Waals surface area (Å²) in [6, 6.07) is 6.20. The largest absolute Gasteiger partial charge is 0.467 e. The number of carbonyl (C=O) groups is 1. The van der Waals surface area contributed by atoms with E-state index in [4.69, 9.17) is 4.74 Å². The number of hydrogen-bond donors (Lipinski definition) is 1. The zero-order chi connectivity index (χ0) is 19.6. The Bertz CT molecular complexity index is 697. The lowest BCUT2D eigenvalue weighted by Crippen LogP contribution is -2.38. The van der Waals surface area contributed by atoms with Gasteiger partial charge in [0.25, 0.3) is 0 Å². The zero-order valence-electron chi connectivity index (χ0n) is 15.9. The normalized spacial score (nSPS) is 13.3. The maximum absolute atomic E-state index is 12.7. The number of thioether (sulfide) groups is 1. The maximum atomic E-state index is 12.7. The Morgan fingerprint density at radius 2 is 1.96 bits per heavy atom. The monoisotopic (exact) mass is 399 g/mol. The first-order valence-electron chi connectivity index (χ1n) is 8.69. The van der Waals surface area contributed by atoms with Gasteiger partial charge in [-0.15, -0.1) is 0 Å². The Labute approximate surface area is 161 Å². The van der Waals surface area contributed by atoms with Crippen LogP contribution >= 0.6 is 11.8 Å². The van der Waals surface area contributed by atoms with E-state index < -0.39 is 15.9 Å². The van der Waals surface area contributed by atoms with E-state index in [2.05, 4.69) is 5.32 Å². The molecule has 0 amide bonds. The molecule has 1 N–H and O–H groups in total. The van der Waals surface area contributed by atoms with Crippen molar-refractivity contribution >= 4 is 27.6 Å². The number of aryl methyl sites for hydroxylation is 1. The fourth-order valence-electron chi connectivity index (χ4n) is 2.37. The van der Waals surface area contributed by atoms with Gasteiger partial charge in [0.2, 0.25) is 9.84 Å². The van der Waals surface area contributed by atoms with E-state index in [0.29, 0.717) is 18.5 Å². The second-order valence-electron chi connectivity index (χ2n) is 6.11. The number of hydrogen-bond acceptors (Lipinski definition) is 6. The molecular weight excluding hydrogens is 370 g/mol. The van der Waals surface area contributed by atoms with Crippen LogP contribution in [0, 0.1) is 6.92 Å². The first-order valence-corrected chi connectivity index (χ1v) is 11.6. The van der Waals surface area contributed by atoms with Crippen LogP contribution in [0.25, 0.3) is 0 Å². The van der Waals surface area contributed by atoms with Gasteiger partial charge in [-0.25, -0.2) is 13.2 Å². The van der Waals surface area contributed by atoms with Crippen molar-refractivity contribution in [3.63, 3.8) is 0 Å². The third kappa shape index (κ3) is 7.41. The minimum atomic E-state index is -3.59. The number of benzene rings is 1. The van der Waals surface area contributed by atoms with Crippen molar-refractivity contribution in [3.05, 3.63) is 40.9 Å². The molecule has 5 nitrogen and oxygen atoms in total. The number of nitrogens with one attached hydrogen (secondary N) is 1. The highest BCUT2D eigenvalue weighted by Crippen LogP contribution is 2.17. The van der Waals surface area contributed by atoms with Crippen molar-refractivity contribution in [1.29, 1.82) is 0 Å². The Kier molecular flexibility index (Phi) is 9.80. The highest BCUT2D eigenvalue weighted by Gasteiger charge is 2.21. The van der Waals surface area contributed by atoms with Crippen molar-refractivity contribution in [2.75, 3.05) is 19.1 Å². The van der Waals surface area contributed by atoms with Gasteiger partial charge in [-0.3, -0.25) is 0 Å². The van der Waals surface area contributed by atoms with Crippen molar-refractivity contribution in [2.24, 2.45) is 0 Å². The summed E-state index contributed by atoms with van der Waals surface area (Å²) >= 11 is 1.63. The highest BCUT2D eigenvalue weighted by atomic mass is 32.2. The molecule has 0 heterocycles. The van der Waals surface area contributed by atoms with Crippen molar-refractivity contribution in [1.82, 2.24) is 5.32 Å². The standard InChI is InChI=1S/C19H29NO4S2/c1-5-6-7-16(20-18(12-13-25-4)19(21)24-3)14-26(22,23)17-10-8-15(2)9-11-17/h8-11,14,18,20H,5-7,12-13H2,1-4H3/b16-14+/t18-/m0/s1. The number of carbonyl (C=O) groups excluding carboxylic acids is 1. The predicted octanol–water partition coefficient (Wildman–Crippen LogP) is 3.68. The summed E-state index contributed by atoms with van der Waals surface area (Å²) in [4.78, 5) is 12.3. The van der Waals surface area contributed by atoms with E-state index in [1.807, 2.05) is 20.1 Å². The molecule has 0 saturated carbocycles. The zero-order valence-corrected chi connectivity index (χ0v) is 17.6. The predicted molar refractivity (Wildman–Crippen MR) is 108 cm³/mol. The van der Waals surface area contributed by atoms with Crippen LogP contribution < -0.4 is 5.32 Å². The number of ether oxygens (including phenoxy) is 1. The maximum Gasteiger partial charge on any atom is 0.328 e. The lowest BCUT2D eigenvalue weighted by atomic mass is 10.1. The van der Waals surface area contributed by atoms with Gasteiger partial charge in [0.05, 0.1) is 17.4 Å². The molecular formula is C19H29NO4S2. The summed E-state index contributed by atoms with van der Waals surface area (Å²) in [5, 5.41) is 4.36. The van der Waals surface area contributed by atoms with E-state index in [9.17, 15) is 13.2 Å². The van der Waals surface area contributed by atoms with Gasteiger partial charge in [0.1, 0.15) is 6.04 Å². The van der Waals surface area contributed by atoms with Crippen LogP contribution in [0.4, 0.5) is 0 Å². The summed E-state index contributed by atoms with van der Waals surface area (Å²) in [6.45, 7) is 3.95. The Morgan fingerprint density at radius 1 is 1.31 bits per heavy atom. The number of rotatable bonds is 11. The fourth-order valence-corrected chi connectivity index (χ4v) is 4.05. The van der Waals surface area contributed by atoms with Gasteiger partial charge in [-0.05, 0) is 50.3 Å². The third-order valence-electron chi connectivity index (χ3n) is 3.90. The number of unbranched alkanes of at least 4 members (excludes halogenated alkanes) is 1. The lowest BCUT2D eigenvalue weighted by Gasteiger charge is -2.19. The first kappa shape index (κ1) is 22.6. The molecule has 0 aliphatic heterocycles. The molecule has 0 aliphatic carbocycles. The van der Waals surface area contributed by atoms with Crippen molar-refractivity contribution in [2.45, 2.75) is 50.5 Å². The van der Waals surface area contributed by atoms with Crippen LogP contribution in [-0.4, -0.2) is 39.5 Å². The minimum absolute atomic E-state index is 0.248. The van der Waals surface area contributed by atoms with Gasteiger partial charge in [-0.2, -0.15) is 11.8 Å². The molecule has 146 valence electrons. The lowest BCUT2D eigenvalue weighted by molar-refractivity contribution is -0.142. The number of allylic oxidation sites excluding steroid dienone is 1. The van der Waals surface area contributed by atoms with Gasteiger partial charge >= 0.3 is 5.97 Å². The molecule has 7 heteroatoms. The SMILES string of the molecule is CCCC/C(=C\S(=O)(=O)c1ccc(C)cc1)N[C@@H](CCSC)C(=O)OC. The molecule has 26 heavy (non-hydrogen) atoms. The van der Waals surface area contributed by atoms with Crippen LogP contribution in [0.15, 0.2) is 40.3 Å². The van der Waals surface area contributed by atoms with E-state index in [1.165, 1.54) is 12.5 Å². The summed E-state index contributed by atoms with van der Waals surface area (Å²) in [7, 11) is -2.25. The number of sulfone groups is 1. The molecule has 1 aromatic rings. The van der Waals surface area contributed by atoms with Crippen LogP contribution in [0.2, 0.25) is 0 Å². The third-order valence-corrected chi connectivity index (χ3v) is 6.07. The Morgan fingerprint density at radius 3 is 2.50 bits per heavy atom. The number of esters is 1. The molecule has 0 aromatic heterocycles. The van der Waals surface area contributed by atoms with E-state index in [1.54, 1.807) is 36.0 Å². The highest BCUT2D eigenvalue weighted by molar-refractivity contribution is 7.98. The number of methoxy groups -OCH3 is 1. The van der Waals surface area contributed by atoms with Crippen LogP contribution in [-0.2, 0) is 19.4 Å². The summed E-state index contributed by atoms with van der Waals surface area (Å²) < 4.78 is 30.3. The Balaban J connectivity index is 3.11. The van der Waals surface area contributed by atoms with Gasteiger partial charge in [-0.1, -0.05) is 31.0 Å². The molecule has 1 rings (SSSR count). The summed E-state index contributed by atoms with van der Waals surface area (Å²) in [5.41, 5.74) is 1.55. The van der Waals surface area contributed by atoms with Crippen LogP contribution in [0.5, 0.6) is 0 Å². The first-order chi connectivity index (χ1) is 12.3. The van der Waals surface area contributed by atoms with Gasteiger partial charge in [0, 0.05) is 5.70 Å². The molecule has 0 unspecified atom stereocenters. The average molecular weight is 400 g/mol. The molecule has 0 bridgehead atoms. The second kappa shape index (κ2) is 11.3. The fraction of sp³-hybridized carbons (Fsp3) is 0.526. The molecule has 0 aliphatic rings. The smallest absolute Gasteiger partial charge is 0.328 e. The average Bonchev–Trinajstić information content (AvgIpc) is 2.62. The van der Waals surface area contributed by atoms with E-state index in [-0.39, 0.29) is 10.9 Å². The minimum Gasteiger partial charge on any atom is -0.467 e. The van der Waals surface area contributed by atoms with Crippen molar-refractivity contribution in [3.8, 4) is 0 Å². The Hall–Kier alpha value is -1.47. The molecule has 1 atom stereocenters. The quantitative estimate of drug-likeness (QED) is 0.572. The summed E-state index contributed by atoms with van der Waals surface area (Å²) in [5.74, 6) is 0.396. The molecule has 0 saturated heterocycles. The van der Waals surface area contributed by atoms with Gasteiger partial charge < -0.3 is 10.1 Å². The summed E-state index contributed by atoms with van der Waals surface area (Å²) in [6.07, 6.45) is 4.86. The molecule has 0 fully saturated rings. The van der Waals surface area contributed by atoms with Crippen LogP contribution in [0.3, 0.4) is 0 Å². The molecule has 0 spiro atoms. The van der Waals surface area contributed by atoms with Gasteiger partial charge in [0.15, 0.2) is 0 Å².